The topological polar surface area (TPSA) is 502 Å². The molecular weight excluding hydrogens is 1130 g/mol. The first-order valence-electron chi connectivity index (χ1n) is 19.1. The van der Waals surface area contributed by atoms with E-state index in [1.54, 1.807) is 0 Å². The number of hydrogen-bond acceptors (Lipinski definition) is 29. The van der Waals surface area contributed by atoms with E-state index in [0.717, 1.165) is 60.7 Å². The van der Waals surface area contributed by atoms with Gasteiger partial charge in [0.2, 0.25) is 0 Å². The van der Waals surface area contributed by atoms with Crippen molar-refractivity contribution in [3.8, 4) is 5.75 Å². The maximum atomic E-state index is 13.3. The van der Waals surface area contributed by atoms with Crippen LogP contribution in [0.4, 0.5) is 56.9 Å². The predicted molar refractivity (Wildman–Crippen MR) is 258 cm³/mol. The lowest BCUT2D eigenvalue weighted by molar-refractivity contribution is -0.434. The van der Waals surface area contributed by atoms with Crippen LogP contribution >= 0.6 is 24.4 Å². The zero-order valence-electron chi connectivity index (χ0n) is 36.2. The van der Waals surface area contributed by atoms with E-state index in [2.05, 4.69) is 54.2 Å². The standard InChI is InChI=1S/C36H32N10O21S7/c37-24-16-25(38)29(72(54,55)56)17-27(24)43-40-19-1-3-21(4-2-19)46-71(52,53)22-7-5-20(6-8-22)41-45-35-31(74(60,61)62)14-18-13-28(68-66-64-48)34(36(47)32(18)33(35)39)44-42-26-10-9-23(15-30(26)73(57,58)59)70(50,51)12-11-63-69-67-65-49/h1-10,13-17,46-49H,11-12,37-39H2,(H,54,55,56)(H,57,58,59)(H,60,61,62)/b43-40+,44-42+,45-41+. The molecule has 74 heavy (non-hydrogen) atoms. The number of phenols is 1. The van der Waals surface area contributed by atoms with E-state index < -0.39 is 116 Å². The summed E-state index contributed by atoms with van der Waals surface area (Å²) in [5.74, 6) is -1.73. The number of sulfonamides is 1. The van der Waals surface area contributed by atoms with Gasteiger partial charge >= 0.3 is 0 Å². The summed E-state index contributed by atoms with van der Waals surface area (Å²) in [4.78, 5) is -4.03. The predicted octanol–water partition coefficient (Wildman–Crippen LogP) is 7.28. The Balaban J connectivity index is 1.29. The number of nitrogen functional groups attached to an aromatic ring is 3. The summed E-state index contributed by atoms with van der Waals surface area (Å²) in [6.07, 6.45) is 0. The van der Waals surface area contributed by atoms with E-state index in [1.807, 2.05) is 0 Å². The average molecular weight is 1170 g/mol. The lowest BCUT2D eigenvalue weighted by Crippen LogP contribution is -2.12. The van der Waals surface area contributed by atoms with Crippen molar-refractivity contribution in [2.24, 2.45) is 30.7 Å². The molecule has 0 aromatic heterocycles. The Bertz CT molecular complexity index is 3820. The minimum atomic E-state index is -5.27. The third kappa shape index (κ3) is 13.8. The number of azo groups is 3. The second-order valence-electron chi connectivity index (χ2n) is 14.1. The van der Waals surface area contributed by atoms with Gasteiger partial charge in [-0.2, -0.15) is 35.5 Å². The summed E-state index contributed by atoms with van der Waals surface area (Å²) < 4.78 is 171. The Morgan fingerprint density at radius 3 is 1.74 bits per heavy atom. The number of nitrogens with zero attached hydrogens (tertiary/aromatic N) is 6. The largest absolute Gasteiger partial charge is 0.505 e. The number of rotatable bonds is 22. The van der Waals surface area contributed by atoms with Crippen LogP contribution in [0.1, 0.15) is 0 Å². The molecule has 0 heterocycles. The highest BCUT2D eigenvalue weighted by molar-refractivity contribution is 7.94. The van der Waals surface area contributed by atoms with Crippen molar-refractivity contribution in [3.05, 3.63) is 91.0 Å². The quantitative estimate of drug-likeness (QED) is 0.00606. The maximum Gasteiger partial charge on any atom is 0.296 e. The van der Waals surface area contributed by atoms with E-state index in [9.17, 15) is 60.9 Å². The average Bonchev–Trinajstić information content (AvgIpc) is 3.31. The Labute approximate surface area is 425 Å². The summed E-state index contributed by atoms with van der Waals surface area (Å²) in [5, 5.41) is 57.8. The first-order valence-corrected chi connectivity index (χ1v) is 28.0. The van der Waals surface area contributed by atoms with Crippen LogP contribution in [-0.4, -0.2) is 83.7 Å². The molecule has 0 aliphatic rings. The number of hydrogen-bond donors (Lipinski definition) is 10. The molecule has 0 aliphatic carbocycles. The van der Waals surface area contributed by atoms with Crippen molar-refractivity contribution in [1.29, 1.82) is 0 Å². The highest BCUT2D eigenvalue weighted by atomic mass is 32.2. The molecule has 0 atom stereocenters. The number of anilines is 4. The van der Waals surface area contributed by atoms with Crippen LogP contribution in [0.3, 0.4) is 0 Å². The smallest absolute Gasteiger partial charge is 0.296 e. The monoisotopic (exact) mass is 1160 g/mol. The van der Waals surface area contributed by atoms with Gasteiger partial charge in [0.1, 0.15) is 37.4 Å². The highest BCUT2D eigenvalue weighted by Crippen LogP contribution is 2.50. The van der Waals surface area contributed by atoms with E-state index in [1.165, 1.54) is 24.3 Å². The van der Waals surface area contributed by atoms with E-state index >= 15 is 0 Å². The molecular formula is C36H32N10O21S7. The van der Waals surface area contributed by atoms with Gasteiger partial charge < -0.3 is 22.3 Å². The molecule has 0 amide bonds. The van der Waals surface area contributed by atoms with Gasteiger partial charge in [-0.15, -0.1) is 29.1 Å². The lowest BCUT2D eigenvalue weighted by atomic mass is 10.1. The zero-order valence-corrected chi connectivity index (χ0v) is 41.9. The van der Waals surface area contributed by atoms with Crippen LogP contribution in [0, 0.1) is 0 Å². The van der Waals surface area contributed by atoms with Crippen molar-refractivity contribution in [3.63, 3.8) is 0 Å². The minimum absolute atomic E-state index is 0.0537. The van der Waals surface area contributed by atoms with Gasteiger partial charge in [0.15, 0.2) is 27.9 Å². The van der Waals surface area contributed by atoms with Gasteiger partial charge in [0.05, 0.1) is 72.9 Å². The van der Waals surface area contributed by atoms with Crippen LogP contribution in [-0.2, 0) is 73.1 Å². The fourth-order valence-electron chi connectivity index (χ4n) is 6.07. The fraction of sp³-hybridized carbons (Fsp3) is 0.0556. The molecule has 0 aliphatic heterocycles. The molecule has 6 aromatic rings. The van der Waals surface area contributed by atoms with Crippen LogP contribution in [0.2, 0.25) is 0 Å². The van der Waals surface area contributed by atoms with Crippen LogP contribution in [0.15, 0.2) is 151 Å². The summed E-state index contributed by atoms with van der Waals surface area (Å²) in [6, 6.07) is 15.8. The summed E-state index contributed by atoms with van der Waals surface area (Å²) in [5.41, 5.74) is 14.5. The maximum absolute atomic E-state index is 13.3. The van der Waals surface area contributed by atoms with Crippen molar-refractivity contribution < 1.29 is 94.3 Å². The van der Waals surface area contributed by atoms with E-state index in [-0.39, 0.29) is 73.7 Å². The first-order chi connectivity index (χ1) is 34.6. The normalized spacial score (nSPS) is 12.9. The molecule has 0 saturated heterocycles. The second kappa shape index (κ2) is 22.9. The third-order valence-corrected chi connectivity index (χ3v) is 16.1. The number of sulfone groups is 1. The molecule has 0 fully saturated rings. The number of phenolic OH excluding ortho intramolecular Hbond substituents is 1. The molecule has 13 N–H and O–H groups in total. The van der Waals surface area contributed by atoms with Gasteiger partial charge in [0, 0.05) is 5.69 Å². The van der Waals surface area contributed by atoms with E-state index in [4.69, 9.17) is 31.9 Å². The van der Waals surface area contributed by atoms with Crippen LogP contribution in [0.5, 0.6) is 5.75 Å². The molecule has 31 nitrogen and oxygen atoms in total. The molecule has 6 rings (SSSR count). The minimum Gasteiger partial charge on any atom is -0.505 e. The second-order valence-corrected chi connectivity index (χ2v) is 23.3. The van der Waals surface area contributed by atoms with E-state index in [0.29, 0.717) is 6.07 Å². The molecule has 0 saturated carbocycles. The van der Waals surface area contributed by atoms with Gasteiger partial charge in [0.25, 0.3) is 40.4 Å². The van der Waals surface area contributed by atoms with Gasteiger partial charge in [-0.05, 0) is 96.4 Å². The molecule has 394 valence electrons. The third-order valence-electron chi connectivity index (χ3n) is 9.36. The van der Waals surface area contributed by atoms with Crippen molar-refractivity contribution in [1.82, 2.24) is 0 Å². The molecule has 0 unspecified atom stereocenters. The SMILES string of the molecule is Nc1cc(N)c(S(=O)(=O)O)cc1/N=N/c1ccc(NS(=O)(=O)c2ccc(/N=N/c3c(S(=O)(=O)O)cc4cc(SOOO)c(/N=N/c5ccc(S(=O)(=O)CCOSOOO)cc5S(=O)(=O)O)c(O)c4c3N)cc2)cc1. The van der Waals surface area contributed by atoms with Gasteiger partial charge in [-0.1, -0.05) is 10.1 Å². The summed E-state index contributed by atoms with van der Waals surface area (Å²) in [7, 11) is -23.8. The van der Waals surface area contributed by atoms with Crippen molar-refractivity contribution in [2.45, 2.75) is 29.4 Å². The van der Waals surface area contributed by atoms with Crippen molar-refractivity contribution in [2.75, 3.05) is 34.3 Å². The Morgan fingerprint density at radius 2 is 1.14 bits per heavy atom. The lowest BCUT2D eigenvalue weighted by Gasteiger charge is -2.14. The molecule has 38 heteroatoms. The Kier molecular flexibility index (Phi) is 17.6. The first kappa shape index (κ1) is 56.7. The molecule has 6 aromatic carbocycles. The van der Waals surface area contributed by atoms with Crippen molar-refractivity contribution >= 4 is 142 Å². The molecule has 0 radical (unpaired) electrons. The number of aromatic hydroxyl groups is 1. The van der Waals surface area contributed by atoms with Gasteiger partial charge in [-0.3, -0.25) is 22.6 Å². The number of fused-ring (bicyclic) bond motifs is 1. The summed E-state index contributed by atoms with van der Waals surface area (Å²) >= 11 is 0.196. The Hall–Kier alpha value is -6.57. The molecule has 0 spiro atoms. The highest BCUT2D eigenvalue weighted by Gasteiger charge is 2.27. The zero-order chi connectivity index (χ0) is 54.4. The Morgan fingerprint density at radius 1 is 0.568 bits per heavy atom. The van der Waals surface area contributed by atoms with Gasteiger partial charge in [-0.25, -0.2) is 27.4 Å². The molecule has 0 bridgehead atoms. The number of benzene rings is 6. The summed E-state index contributed by atoms with van der Waals surface area (Å²) in [6.45, 7) is -0.560. The number of nitrogens with two attached hydrogens (primary N) is 3. The number of nitrogens with one attached hydrogen (secondary N) is 1. The van der Waals surface area contributed by atoms with Crippen LogP contribution in [0.25, 0.3) is 10.8 Å². The van der Waals surface area contributed by atoms with Crippen LogP contribution < -0.4 is 21.9 Å². The fourth-order valence-corrected chi connectivity index (χ4v) is 11.1.